The van der Waals surface area contributed by atoms with E-state index in [0.29, 0.717) is 15.7 Å². The average Bonchev–Trinajstić information content (AvgIpc) is 2.14. The molecule has 0 aliphatic carbocycles. The number of anilines is 1. The van der Waals surface area contributed by atoms with E-state index in [4.69, 9.17) is 28.9 Å². The van der Waals surface area contributed by atoms with Crippen LogP contribution in [0, 0.1) is 0 Å². The monoisotopic (exact) mass is 244 g/mol. The second-order valence-electron chi connectivity index (χ2n) is 2.90. The molecule has 0 spiro atoms. The third kappa shape index (κ3) is 3.15. The fourth-order valence-corrected chi connectivity index (χ4v) is 1.38. The lowest BCUT2D eigenvalue weighted by Gasteiger charge is -2.08. The standard InChI is InChI=1S/C10H10Cl2N2O/c1-6(11)5-14-10(15)9-7(12)3-2-4-8(9)13/h2-4H,1,5,13H2,(H,14,15). The maximum absolute atomic E-state index is 11.6. The van der Waals surface area contributed by atoms with Gasteiger partial charge < -0.3 is 11.1 Å². The van der Waals surface area contributed by atoms with Crippen molar-refractivity contribution in [3.05, 3.63) is 40.4 Å². The molecular formula is C10H10Cl2N2O. The lowest BCUT2D eigenvalue weighted by Crippen LogP contribution is -2.25. The van der Waals surface area contributed by atoms with Gasteiger partial charge in [0.1, 0.15) is 0 Å². The molecule has 0 aliphatic heterocycles. The van der Waals surface area contributed by atoms with E-state index in [0.717, 1.165) is 0 Å². The van der Waals surface area contributed by atoms with E-state index in [-0.39, 0.29) is 18.0 Å². The number of carbonyl (C=O) groups is 1. The molecule has 0 saturated carbocycles. The predicted molar refractivity (Wildman–Crippen MR) is 63.2 cm³/mol. The van der Waals surface area contributed by atoms with E-state index in [1.165, 1.54) is 0 Å². The van der Waals surface area contributed by atoms with Gasteiger partial charge in [-0.15, -0.1) is 0 Å². The van der Waals surface area contributed by atoms with E-state index < -0.39 is 0 Å². The van der Waals surface area contributed by atoms with Crippen molar-refractivity contribution in [2.45, 2.75) is 0 Å². The fourth-order valence-electron chi connectivity index (χ4n) is 1.04. The molecule has 3 N–H and O–H groups in total. The number of hydrogen-bond donors (Lipinski definition) is 2. The van der Waals surface area contributed by atoms with E-state index in [1.54, 1.807) is 18.2 Å². The van der Waals surface area contributed by atoms with Gasteiger partial charge in [0.15, 0.2) is 0 Å². The predicted octanol–water partition coefficient (Wildman–Crippen LogP) is 2.40. The molecule has 0 radical (unpaired) electrons. The lowest BCUT2D eigenvalue weighted by atomic mass is 10.1. The summed E-state index contributed by atoms with van der Waals surface area (Å²) < 4.78 is 0. The Morgan fingerprint density at radius 3 is 2.73 bits per heavy atom. The number of nitrogens with two attached hydrogens (primary N) is 1. The van der Waals surface area contributed by atoms with Crippen LogP contribution in [0.2, 0.25) is 5.02 Å². The van der Waals surface area contributed by atoms with Gasteiger partial charge in [0, 0.05) is 10.7 Å². The Balaban J connectivity index is 2.86. The summed E-state index contributed by atoms with van der Waals surface area (Å²) in [6.45, 7) is 3.64. The van der Waals surface area contributed by atoms with Gasteiger partial charge in [0.05, 0.1) is 17.1 Å². The van der Waals surface area contributed by atoms with Crippen molar-refractivity contribution in [2.75, 3.05) is 12.3 Å². The van der Waals surface area contributed by atoms with Crippen molar-refractivity contribution in [3.8, 4) is 0 Å². The van der Waals surface area contributed by atoms with E-state index in [2.05, 4.69) is 11.9 Å². The van der Waals surface area contributed by atoms with Gasteiger partial charge in [-0.3, -0.25) is 4.79 Å². The van der Waals surface area contributed by atoms with Crippen LogP contribution in [0.15, 0.2) is 29.8 Å². The number of hydrogen-bond acceptors (Lipinski definition) is 2. The molecule has 0 aromatic heterocycles. The highest BCUT2D eigenvalue weighted by Crippen LogP contribution is 2.21. The van der Waals surface area contributed by atoms with Gasteiger partial charge in [-0.2, -0.15) is 0 Å². The first-order valence-electron chi connectivity index (χ1n) is 4.18. The Morgan fingerprint density at radius 1 is 1.53 bits per heavy atom. The summed E-state index contributed by atoms with van der Waals surface area (Å²) in [5.41, 5.74) is 6.22. The summed E-state index contributed by atoms with van der Waals surface area (Å²) in [6.07, 6.45) is 0. The Bertz CT molecular complexity index is 384. The number of halogens is 2. The molecule has 0 unspecified atom stereocenters. The topological polar surface area (TPSA) is 55.1 Å². The molecule has 0 fully saturated rings. The SMILES string of the molecule is C=C(Cl)CNC(=O)c1c(N)cccc1Cl. The largest absolute Gasteiger partial charge is 0.398 e. The van der Waals surface area contributed by atoms with Crippen LogP contribution in [-0.2, 0) is 0 Å². The molecule has 0 bridgehead atoms. The molecule has 1 amide bonds. The minimum atomic E-state index is -0.361. The maximum atomic E-state index is 11.6. The number of nitrogen functional groups attached to an aromatic ring is 1. The second kappa shape index (κ2) is 5.05. The number of carbonyl (C=O) groups excluding carboxylic acids is 1. The second-order valence-corrected chi connectivity index (χ2v) is 3.85. The van der Waals surface area contributed by atoms with Crippen molar-refractivity contribution in [2.24, 2.45) is 0 Å². The number of benzene rings is 1. The zero-order valence-electron chi connectivity index (χ0n) is 7.89. The van der Waals surface area contributed by atoms with Crippen molar-refractivity contribution >= 4 is 34.8 Å². The third-order valence-electron chi connectivity index (χ3n) is 1.71. The number of nitrogens with one attached hydrogen (secondary N) is 1. The molecule has 0 heterocycles. The minimum absolute atomic E-state index is 0.186. The fraction of sp³-hybridized carbons (Fsp3) is 0.100. The van der Waals surface area contributed by atoms with E-state index in [1.807, 2.05) is 0 Å². The van der Waals surface area contributed by atoms with E-state index >= 15 is 0 Å². The maximum Gasteiger partial charge on any atom is 0.255 e. The lowest BCUT2D eigenvalue weighted by molar-refractivity contribution is 0.0958. The Hall–Kier alpha value is -1.19. The molecule has 1 rings (SSSR count). The first-order valence-corrected chi connectivity index (χ1v) is 4.93. The van der Waals surface area contributed by atoms with Crippen molar-refractivity contribution in [1.29, 1.82) is 0 Å². The van der Waals surface area contributed by atoms with Gasteiger partial charge in [-0.25, -0.2) is 0 Å². The Labute approximate surface area is 97.9 Å². The number of amides is 1. The van der Waals surface area contributed by atoms with Crippen LogP contribution in [0.4, 0.5) is 5.69 Å². The molecule has 80 valence electrons. The van der Waals surface area contributed by atoms with Gasteiger partial charge in [-0.1, -0.05) is 35.8 Å². The van der Waals surface area contributed by atoms with Gasteiger partial charge in [0.2, 0.25) is 0 Å². The molecular weight excluding hydrogens is 235 g/mol. The highest BCUT2D eigenvalue weighted by Gasteiger charge is 2.12. The highest BCUT2D eigenvalue weighted by molar-refractivity contribution is 6.34. The Morgan fingerprint density at radius 2 is 2.20 bits per heavy atom. The summed E-state index contributed by atoms with van der Waals surface area (Å²) >= 11 is 11.4. The molecule has 5 heteroatoms. The summed E-state index contributed by atoms with van der Waals surface area (Å²) in [4.78, 5) is 11.6. The van der Waals surface area contributed by atoms with Gasteiger partial charge in [-0.05, 0) is 12.1 Å². The van der Waals surface area contributed by atoms with E-state index in [9.17, 15) is 4.79 Å². The first-order chi connectivity index (χ1) is 7.02. The summed E-state index contributed by atoms with van der Waals surface area (Å²) in [5, 5.41) is 3.20. The molecule has 0 aliphatic rings. The van der Waals surface area contributed by atoms with Crippen LogP contribution in [0.1, 0.15) is 10.4 Å². The van der Waals surface area contributed by atoms with Crippen molar-refractivity contribution in [3.63, 3.8) is 0 Å². The smallest absolute Gasteiger partial charge is 0.255 e. The van der Waals surface area contributed by atoms with Crippen LogP contribution >= 0.6 is 23.2 Å². The zero-order valence-corrected chi connectivity index (χ0v) is 9.40. The van der Waals surface area contributed by atoms with Crippen LogP contribution in [0.25, 0.3) is 0 Å². The zero-order chi connectivity index (χ0) is 11.4. The minimum Gasteiger partial charge on any atom is -0.398 e. The van der Waals surface area contributed by atoms with Crippen LogP contribution in [0.5, 0.6) is 0 Å². The van der Waals surface area contributed by atoms with Crippen molar-refractivity contribution < 1.29 is 4.79 Å². The average molecular weight is 245 g/mol. The normalized spacial score (nSPS) is 9.73. The molecule has 15 heavy (non-hydrogen) atoms. The third-order valence-corrected chi connectivity index (χ3v) is 2.16. The van der Waals surface area contributed by atoms with Gasteiger partial charge in [0.25, 0.3) is 5.91 Å². The van der Waals surface area contributed by atoms with Crippen LogP contribution in [0.3, 0.4) is 0 Å². The summed E-state index contributed by atoms with van der Waals surface area (Å²) in [7, 11) is 0. The molecule has 1 aromatic carbocycles. The van der Waals surface area contributed by atoms with Crippen LogP contribution in [-0.4, -0.2) is 12.5 Å². The molecule has 0 atom stereocenters. The molecule has 1 aromatic rings. The summed E-state index contributed by atoms with van der Waals surface area (Å²) in [6, 6.07) is 4.88. The number of rotatable bonds is 3. The first kappa shape index (κ1) is 11.9. The van der Waals surface area contributed by atoms with Crippen LogP contribution < -0.4 is 11.1 Å². The van der Waals surface area contributed by atoms with Gasteiger partial charge >= 0.3 is 0 Å². The molecule has 3 nitrogen and oxygen atoms in total. The van der Waals surface area contributed by atoms with Crippen molar-refractivity contribution in [1.82, 2.24) is 5.32 Å². The summed E-state index contributed by atoms with van der Waals surface area (Å²) in [5.74, 6) is -0.361. The quantitative estimate of drug-likeness (QED) is 0.803. The molecule has 0 saturated heterocycles. The highest BCUT2D eigenvalue weighted by atomic mass is 35.5. The Kier molecular flexibility index (Phi) is 4.00.